The Labute approximate surface area is 94.0 Å². The zero-order valence-corrected chi connectivity index (χ0v) is 8.94. The molecule has 0 radical (unpaired) electrons. The molecule has 1 aliphatic heterocycles. The normalized spacial score (nSPS) is 19.3. The smallest absolute Gasteiger partial charge is 0.237 e. The summed E-state index contributed by atoms with van der Waals surface area (Å²) >= 11 is 0. The summed E-state index contributed by atoms with van der Waals surface area (Å²) in [4.78, 5) is 23.1. The zero-order chi connectivity index (χ0) is 9.14. The van der Waals surface area contributed by atoms with Crippen LogP contribution in [-0.2, 0) is 9.59 Å². The van der Waals surface area contributed by atoms with E-state index in [2.05, 4.69) is 0 Å². The van der Waals surface area contributed by atoms with Crippen LogP contribution in [0.3, 0.4) is 0 Å². The largest absolute Gasteiger partial charge is 0.322 e. The maximum absolute atomic E-state index is 11.0. The third kappa shape index (κ3) is 3.14. The number of halogens is 2. The molecule has 1 fully saturated rings. The fourth-order valence-corrected chi connectivity index (χ4v) is 1.19. The molecule has 0 aliphatic carbocycles. The van der Waals surface area contributed by atoms with Crippen LogP contribution in [0.2, 0.25) is 0 Å². The molecule has 1 aliphatic rings. The van der Waals surface area contributed by atoms with Gasteiger partial charge in [0.15, 0.2) is 5.78 Å². The van der Waals surface area contributed by atoms with E-state index in [1.54, 1.807) is 0 Å². The van der Waals surface area contributed by atoms with E-state index in [9.17, 15) is 9.59 Å². The first-order valence-electron chi connectivity index (χ1n) is 3.60. The van der Waals surface area contributed by atoms with E-state index in [1.807, 2.05) is 6.07 Å². The van der Waals surface area contributed by atoms with Gasteiger partial charge in [0.2, 0.25) is 5.91 Å². The van der Waals surface area contributed by atoms with Crippen molar-refractivity contribution in [3.05, 3.63) is 0 Å². The minimum atomic E-state index is -0.603. The molecule has 0 unspecified atom stereocenters. The maximum Gasteiger partial charge on any atom is 0.237 e. The number of hydrogen-bond acceptors (Lipinski definition) is 4. The van der Waals surface area contributed by atoms with E-state index < -0.39 is 6.04 Å². The number of nitrogens with two attached hydrogens (primary N) is 1. The minimum absolute atomic E-state index is 0. The van der Waals surface area contributed by atoms with Crippen molar-refractivity contribution in [1.29, 1.82) is 5.26 Å². The van der Waals surface area contributed by atoms with E-state index in [4.69, 9.17) is 11.0 Å². The second kappa shape index (κ2) is 6.60. The van der Waals surface area contributed by atoms with Gasteiger partial charge in [0.05, 0.1) is 19.2 Å². The highest BCUT2D eigenvalue weighted by Crippen LogP contribution is 2.12. The SMILES string of the molecule is Cl.Cl.N#C[C@@H]1CC(=O)CN1C(=O)CN. The molecule has 1 amide bonds. The third-order valence-electron chi connectivity index (χ3n) is 1.79. The molecule has 0 aromatic rings. The van der Waals surface area contributed by atoms with Crippen molar-refractivity contribution in [2.24, 2.45) is 5.73 Å². The van der Waals surface area contributed by atoms with Gasteiger partial charge in [-0.15, -0.1) is 24.8 Å². The Balaban J connectivity index is 0. The Morgan fingerprint density at radius 2 is 2.21 bits per heavy atom. The van der Waals surface area contributed by atoms with Crippen LogP contribution in [-0.4, -0.2) is 35.7 Å². The quantitative estimate of drug-likeness (QED) is 0.668. The van der Waals surface area contributed by atoms with E-state index in [0.717, 1.165) is 0 Å². The Morgan fingerprint density at radius 1 is 1.64 bits per heavy atom. The van der Waals surface area contributed by atoms with Gasteiger partial charge < -0.3 is 10.6 Å². The number of nitriles is 1. The third-order valence-corrected chi connectivity index (χ3v) is 1.79. The van der Waals surface area contributed by atoms with Gasteiger partial charge in [-0.3, -0.25) is 9.59 Å². The number of amides is 1. The standard InChI is InChI=1S/C7H9N3O2.2ClH/c8-2-5-1-6(11)4-10(5)7(12)3-9;;/h5H,1,3-4,9H2;2*1H/t5-;;/m0../s1. The second-order valence-electron chi connectivity index (χ2n) is 2.61. The molecule has 14 heavy (non-hydrogen) atoms. The molecule has 2 N–H and O–H groups in total. The predicted molar refractivity (Wildman–Crippen MR) is 54.3 cm³/mol. The first kappa shape index (κ1) is 15.6. The molecular formula is C7H11Cl2N3O2. The van der Waals surface area contributed by atoms with E-state index in [1.165, 1.54) is 4.90 Å². The van der Waals surface area contributed by atoms with Crippen molar-refractivity contribution >= 4 is 36.5 Å². The first-order valence-corrected chi connectivity index (χ1v) is 3.60. The Morgan fingerprint density at radius 3 is 2.64 bits per heavy atom. The van der Waals surface area contributed by atoms with Crippen LogP contribution >= 0.6 is 24.8 Å². The number of likely N-dealkylation sites (tertiary alicyclic amines) is 1. The number of rotatable bonds is 1. The van der Waals surface area contributed by atoms with Crippen LogP contribution in [0.25, 0.3) is 0 Å². The molecule has 1 saturated heterocycles. The lowest BCUT2D eigenvalue weighted by atomic mass is 10.2. The summed E-state index contributed by atoms with van der Waals surface area (Å²) in [6, 6.07) is 1.29. The molecule has 0 aromatic heterocycles. The lowest BCUT2D eigenvalue weighted by Gasteiger charge is -2.16. The molecule has 1 atom stereocenters. The average molecular weight is 240 g/mol. The van der Waals surface area contributed by atoms with Crippen LogP contribution in [0.1, 0.15) is 6.42 Å². The lowest BCUT2D eigenvalue weighted by molar-refractivity contribution is -0.131. The summed E-state index contributed by atoms with van der Waals surface area (Å²) in [5, 5.41) is 8.56. The van der Waals surface area contributed by atoms with Crippen LogP contribution in [0, 0.1) is 11.3 Å². The highest BCUT2D eigenvalue weighted by Gasteiger charge is 2.32. The highest BCUT2D eigenvalue weighted by molar-refractivity contribution is 5.91. The van der Waals surface area contributed by atoms with Crippen molar-refractivity contribution in [2.75, 3.05) is 13.1 Å². The van der Waals surface area contributed by atoms with Crippen LogP contribution < -0.4 is 5.73 Å². The molecule has 0 spiro atoms. The van der Waals surface area contributed by atoms with E-state index >= 15 is 0 Å². The zero-order valence-electron chi connectivity index (χ0n) is 7.30. The summed E-state index contributed by atoms with van der Waals surface area (Å²) in [6.07, 6.45) is 0.141. The van der Waals surface area contributed by atoms with Crippen molar-refractivity contribution in [3.8, 4) is 6.07 Å². The van der Waals surface area contributed by atoms with Crippen LogP contribution in [0.4, 0.5) is 0 Å². The fourth-order valence-electron chi connectivity index (χ4n) is 1.19. The van der Waals surface area contributed by atoms with Crippen molar-refractivity contribution in [1.82, 2.24) is 4.90 Å². The fraction of sp³-hybridized carbons (Fsp3) is 0.571. The summed E-state index contributed by atoms with van der Waals surface area (Å²) in [5.74, 6) is -0.421. The van der Waals surface area contributed by atoms with E-state index in [0.29, 0.717) is 0 Å². The van der Waals surface area contributed by atoms with Gasteiger partial charge in [0.1, 0.15) is 6.04 Å². The van der Waals surface area contributed by atoms with Gasteiger partial charge in [-0.1, -0.05) is 0 Å². The Kier molecular flexibility index (Phi) is 7.37. The topological polar surface area (TPSA) is 87.2 Å². The van der Waals surface area contributed by atoms with Gasteiger partial charge in [0, 0.05) is 6.42 Å². The van der Waals surface area contributed by atoms with Gasteiger partial charge in [0.25, 0.3) is 0 Å². The average Bonchev–Trinajstić information content (AvgIpc) is 2.45. The summed E-state index contributed by atoms with van der Waals surface area (Å²) in [6.45, 7) is -0.111. The Bertz CT molecular complexity index is 264. The highest BCUT2D eigenvalue weighted by atomic mass is 35.5. The summed E-state index contributed by atoms with van der Waals surface area (Å²) in [5.41, 5.74) is 5.10. The van der Waals surface area contributed by atoms with Crippen molar-refractivity contribution < 1.29 is 9.59 Å². The number of nitrogens with zero attached hydrogens (tertiary/aromatic N) is 2. The summed E-state index contributed by atoms with van der Waals surface area (Å²) < 4.78 is 0. The second-order valence-corrected chi connectivity index (χ2v) is 2.61. The molecule has 1 heterocycles. The first-order chi connectivity index (χ1) is 5.69. The lowest BCUT2D eigenvalue weighted by Crippen LogP contribution is -2.39. The maximum atomic E-state index is 11.0. The van der Waals surface area contributed by atoms with Crippen LogP contribution in [0.15, 0.2) is 0 Å². The molecule has 80 valence electrons. The van der Waals surface area contributed by atoms with Gasteiger partial charge >= 0.3 is 0 Å². The van der Waals surface area contributed by atoms with Gasteiger partial charge in [-0.2, -0.15) is 5.26 Å². The Hall–Kier alpha value is -0.830. The summed E-state index contributed by atoms with van der Waals surface area (Å²) in [7, 11) is 0. The molecule has 0 aromatic carbocycles. The van der Waals surface area contributed by atoms with Crippen molar-refractivity contribution in [3.63, 3.8) is 0 Å². The molecular weight excluding hydrogens is 229 g/mol. The number of carbonyl (C=O) groups is 2. The molecule has 1 rings (SSSR count). The van der Waals surface area contributed by atoms with Gasteiger partial charge in [-0.05, 0) is 0 Å². The predicted octanol–water partition coefficient (Wildman–Crippen LogP) is -0.518. The molecule has 0 saturated carbocycles. The van der Waals surface area contributed by atoms with Gasteiger partial charge in [-0.25, -0.2) is 0 Å². The molecule has 5 nitrogen and oxygen atoms in total. The van der Waals surface area contributed by atoms with Crippen molar-refractivity contribution in [2.45, 2.75) is 12.5 Å². The van der Waals surface area contributed by atoms with Crippen LogP contribution in [0.5, 0.6) is 0 Å². The monoisotopic (exact) mass is 239 g/mol. The minimum Gasteiger partial charge on any atom is -0.322 e. The number of carbonyl (C=O) groups excluding carboxylic acids is 2. The number of Topliss-reactive ketones (excluding diaryl/α,β-unsaturated/α-hetero) is 1. The number of hydrogen-bond donors (Lipinski definition) is 1. The van der Waals surface area contributed by atoms with E-state index in [-0.39, 0.29) is 56.0 Å². The number of ketones is 1. The molecule has 0 bridgehead atoms. The molecule has 7 heteroatoms.